The Morgan fingerprint density at radius 1 is 0.931 bits per heavy atom. The highest BCUT2D eigenvalue weighted by atomic mass is 16.5. The molecule has 0 atom stereocenters. The number of esters is 1. The summed E-state index contributed by atoms with van der Waals surface area (Å²) >= 11 is 0. The van der Waals surface area contributed by atoms with Crippen LogP contribution in [0.1, 0.15) is 40.3 Å². The van der Waals surface area contributed by atoms with Gasteiger partial charge in [-0.15, -0.1) is 0 Å². The number of hydrogen-bond donors (Lipinski definition) is 2. The molecule has 0 aliphatic rings. The van der Waals surface area contributed by atoms with Crippen molar-refractivity contribution in [1.82, 2.24) is 4.98 Å². The van der Waals surface area contributed by atoms with Gasteiger partial charge in [-0.2, -0.15) is 0 Å². The van der Waals surface area contributed by atoms with Gasteiger partial charge in [-0.1, -0.05) is 25.1 Å². The van der Waals surface area contributed by atoms with Gasteiger partial charge in [-0.05, 0) is 61.4 Å². The van der Waals surface area contributed by atoms with E-state index in [4.69, 9.17) is 4.74 Å². The van der Waals surface area contributed by atoms with Gasteiger partial charge in [0.1, 0.15) is 5.69 Å². The van der Waals surface area contributed by atoms with Gasteiger partial charge in [0.05, 0.1) is 24.1 Å². The molecule has 0 aliphatic carbocycles. The minimum atomic E-state index is -0.389. The summed E-state index contributed by atoms with van der Waals surface area (Å²) in [6.07, 6.45) is 2.55. The lowest BCUT2D eigenvalue weighted by Gasteiger charge is -2.11. The van der Waals surface area contributed by atoms with Gasteiger partial charge in [0, 0.05) is 11.4 Å². The van der Waals surface area contributed by atoms with Crippen molar-refractivity contribution < 1.29 is 14.3 Å². The van der Waals surface area contributed by atoms with Gasteiger partial charge in [0.15, 0.2) is 0 Å². The Morgan fingerprint density at radius 3 is 2.31 bits per heavy atom. The Labute approximate surface area is 169 Å². The summed E-state index contributed by atoms with van der Waals surface area (Å²) in [6, 6.07) is 18.1. The van der Waals surface area contributed by atoms with Crippen LogP contribution in [0.25, 0.3) is 0 Å². The smallest absolute Gasteiger partial charge is 0.338 e. The van der Waals surface area contributed by atoms with Crippen LogP contribution in [-0.2, 0) is 11.2 Å². The van der Waals surface area contributed by atoms with E-state index in [9.17, 15) is 9.59 Å². The average Bonchev–Trinajstić information content (AvgIpc) is 2.75. The molecule has 1 aromatic heterocycles. The van der Waals surface area contributed by atoms with Crippen molar-refractivity contribution in [3.05, 3.63) is 83.7 Å². The van der Waals surface area contributed by atoms with Crippen molar-refractivity contribution >= 4 is 28.9 Å². The number of hydrogen-bond acceptors (Lipinski definition) is 5. The van der Waals surface area contributed by atoms with Gasteiger partial charge in [0.25, 0.3) is 5.91 Å². The van der Waals surface area contributed by atoms with Crippen LogP contribution in [0.15, 0.2) is 66.9 Å². The number of ether oxygens (including phenoxy) is 1. The largest absolute Gasteiger partial charge is 0.462 e. The molecule has 0 unspecified atom stereocenters. The minimum absolute atomic E-state index is 0.300. The first-order valence-corrected chi connectivity index (χ1v) is 9.50. The number of carbonyl (C=O) groups excluding carboxylic acids is 2. The van der Waals surface area contributed by atoms with Gasteiger partial charge in [-0.3, -0.25) is 4.79 Å². The molecular formula is C23H23N3O3. The van der Waals surface area contributed by atoms with Crippen molar-refractivity contribution in [3.63, 3.8) is 0 Å². The molecular weight excluding hydrogens is 366 g/mol. The third-order valence-corrected chi connectivity index (χ3v) is 4.33. The van der Waals surface area contributed by atoms with Gasteiger partial charge in [0.2, 0.25) is 0 Å². The van der Waals surface area contributed by atoms with E-state index < -0.39 is 0 Å². The fraction of sp³-hybridized carbons (Fsp3) is 0.174. The lowest BCUT2D eigenvalue weighted by molar-refractivity contribution is 0.0526. The van der Waals surface area contributed by atoms with E-state index in [0.29, 0.717) is 23.6 Å². The van der Waals surface area contributed by atoms with Crippen LogP contribution >= 0.6 is 0 Å². The lowest BCUT2D eigenvalue weighted by atomic mass is 10.1. The van der Waals surface area contributed by atoms with Crippen LogP contribution in [-0.4, -0.2) is 23.5 Å². The summed E-state index contributed by atoms with van der Waals surface area (Å²) < 4.78 is 4.94. The molecule has 0 spiro atoms. The Morgan fingerprint density at radius 2 is 1.66 bits per heavy atom. The van der Waals surface area contributed by atoms with Gasteiger partial charge >= 0.3 is 5.97 Å². The molecule has 0 saturated carbocycles. The number of benzene rings is 2. The number of nitrogens with one attached hydrogen (secondary N) is 2. The number of nitrogens with zero attached hydrogens (tertiary/aromatic N) is 1. The molecule has 2 N–H and O–H groups in total. The SMILES string of the molecule is CCOC(=O)c1ccc(NC(=O)c2ccc(Nc3ccccc3CC)cn2)cc1. The van der Waals surface area contributed by atoms with Crippen LogP contribution in [0.3, 0.4) is 0 Å². The summed E-state index contributed by atoms with van der Waals surface area (Å²) in [6.45, 7) is 4.17. The first-order chi connectivity index (χ1) is 14.1. The van der Waals surface area contributed by atoms with Gasteiger partial charge in [-0.25, -0.2) is 9.78 Å². The van der Waals surface area contributed by atoms with Crippen LogP contribution in [0.5, 0.6) is 0 Å². The van der Waals surface area contributed by atoms with Crippen LogP contribution < -0.4 is 10.6 Å². The number of aromatic nitrogens is 1. The molecule has 0 saturated heterocycles. The second-order valence-corrected chi connectivity index (χ2v) is 6.32. The Kier molecular flexibility index (Phi) is 6.58. The molecule has 1 amide bonds. The van der Waals surface area contributed by atoms with Crippen molar-refractivity contribution in [2.24, 2.45) is 0 Å². The number of pyridine rings is 1. The highest BCUT2D eigenvalue weighted by Crippen LogP contribution is 2.21. The second kappa shape index (κ2) is 9.50. The van der Waals surface area contributed by atoms with Crippen molar-refractivity contribution in [3.8, 4) is 0 Å². The number of amides is 1. The van der Waals surface area contributed by atoms with Crippen molar-refractivity contribution in [1.29, 1.82) is 0 Å². The zero-order valence-electron chi connectivity index (χ0n) is 16.4. The molecule has 0 fully saturated rings. The maximum absolute atomic E-state index is 12.4. The highest BCUT2D eigenvalue weighted by molar-refractivity contribution is 6.03. The number of para-hydroxylation sites is 1. The Hall–Kier alpha value is -3.67. The van der Waals surface area contributed by atoms with E-state index in [0.717, 1.165) is 17.8 Å². The molecule has 148 valence electrons. The first kappa shape index (κ1) is 20.1. The predicted octanol–water partition coefficient (Wildman–Crippen LogP) is 4.82. The van der Waals surface area contributed by atoms with E-state index in [2.05, 4.69) is 28.6 Å². The van der Waals surface area contributed by atoms with Crippen molar-refractivity contribution in [2.75, 3.05) is 17.2 Å². The normalized spacial score (nSPS) is 10.3. The first-order valence-electron chi connectivity index (χ1n) is 9.50. The maximum atomic E-state index is 12.4. The zero-order valence-corrected chi connectivity index (χ0v) is 16.4. The minimum Gasteiger partial charge on any atom is -0.462 e. The molecule has 29 heavy (non-hydrogen) atoms. The standard InChI is InChI=1S/C23H23N3O3/c1-3-16-7-5-6-8-20(16)25-19-13-14-21(24-15-19)22(27)26-18-11-9-17(10-12-18)23(28)29-4-2/h5-15,25H,3-4H2,1-2H3,(H,26,27). The molecule has 0 bridgehead atoms. The number of anilines is 3. The van der Waals surface area contributed by atoms with Crippen LogP contribution in [0.4, 0.5) is 17.1 Å². The zero-order chi connectivity index (χ0) is 20.6. The summed E-state index contributed by atoms with van der Waals surface area (Å²) in [7, 11) is 0. The molecule has 0 aliphatic heterocycles. The average molecular weight is 389 g/mol. The molecule has 3 rings (SSSR count). The topological polar surface area (TPSA) is 80.3 Å². The molecule has 3 aromatic rings. The Balaban J connectivity index is 1.64. The molecule has 6 heteroatoms. The molecule has 1 heterocycles. The molecule has 6 nitrogen and oxygen atoms in total. The fourth-order valence-electron chi connectivity index (χ4n) is 2.81. The predicted molar refractivity (Wildman–Crippen MR) is 114 cm³/mol. The summed E-state index contributed by atoms with van der Waals surface area (Å²) in [5, 5.41) is 6.10. The van der Waals surface area contributed by atoms with Crippen molar-refractivity contribution in [2.45, 2.75) is 20.3 Å². The van der Waals surface area contributed by atoms with Crippen LogP contribution in [0.2, 0.25) is 0 Å². The fourth-order valence-corrected chi connectivity index (χ4v) is 2.81. The molecule has 0 radical (unpaired) electrons. The number of aryl methyl sites for hydroxylation is 1. The maximum Gasteiger partial charge on any atom is 0.338 e. The third-order valence-electron chi connectivity index (χ3n) is 4.33. The van der Waals surface area contributed by atoms with E-state index >= 15 is 0 Å². The number of carbonyl (C=O) groups is 2. The lowest BCUT2D eigenvalue weighted by Crippen LogP contribution is -2.14. The van der Waals surface area contributed by atoms with E-state index in [1.165, 1.54) is 5.56 Å². The summed E-state index contributed by atoms with van der Waals surface area (Å²) in [4.78, 5) is 28.3. The quantitative estimate of drug-likeness (QED) is 0.567. The van der Waals surface area contributed by atoms with E-state index in [-0.39, 0.29) is 11.9 Å². The Bertz CT molecular complexity index is 983. The third kappa shape index (κ3) is 5.19. The van der Waals surface area contributed by atoms with Crippen LogP contribution in [0, 0.1) is 0 Å². The highest BCUT2D eigenvalue weighted by Gasteiger charge is 2.10. The monoisotopic (exact) mass is 389 g/mol. The number of rotatable bonds is 7. The van der Waals surface area contributed by atoms with Gasteiger partial charge < -0.3 is 15.4 Å². The molecule has 2 aromatic carbocycles. The van der Waals surface area contributed by atoms with E-state index in [1.807, 2.05) is 24.3 Å². The van der Waals surface area contributed by atoms with E-state index in [1.54, 1.807) is 43.5 Å². The second-order valence-electron chi connectivity index (χ2n) is 6.32. The summed E-state index contributed by atoms with van der Waals surface area (Å²) in [5.41, 5.74) is 4.35. The summed E-state index contributed by atoms with van der Waals surface area (Å²) in [5.74, 6) is -0.714.